The number of nitrogens with two attached hydrogens (primary N) is 1. The Balaban J connectivity index is 1.55. The summed E-state index contributed by atoms with van der Waals surface area (Å²) in [6.45, 7) is 0. The highest BCUT2D eigenvalue weighted by molar-refractivity contribution is 9.11. The van der Waals surface area contributed by atoms with E-state index in [-0.39, 0.29) is 0 Å². The van der Waals surface area contributed by atoms with Crippen LogP contribution in [0.2, 0.25) is 0 Å². The van der Waals surface area contributed by atoms with Crippen LogP contribution in [0.25, 0.3) is 21.3 Å². The highest BCUT2D eigenvalue weighted by atomic mass is 79.9. The molecule has 4 rings (SSSR count). The Morgan fingerprint density at radius 3 is 2.57 bits per heavy atom. The molecule has 28 heavy (non-hydrogen) atoms. The maximum absolute atomic E-state index is 13.2. The molecular weight excluding hydrogens is 445 g/mol. The molecule has 0 aliphatic rings. The van der Waals surface area contributed by atoms with Crippen LogP contribution in [0, 0.1) is 5.82 Å². The van der Waals surface area contributed by atoms with Crippen molar-refractivity contribution in [2.24, 2.45) is 0 Å². The monoisotopic (exact) mass is 457 g/mol. The molecule has 0 aliphatic carbocycles. The van der Waals surface area contributed by atoms with Crippen LogP contribution in [-0.4, -0.2) is 16.0 Å². The minimum absolute atomic E-state index is 0.373. The van der Waals surface area contributed by atoms with Gasteiger partial charge >= 0.3 is 6.03 Å². The zero-order valence-electron chi connectivity index (χ0n) is 14.2. The fraction of sp³-hybridized carbons (Fsp3) is 0. The first kappa shape index (κ1) is 18.3. The Labute approximate surface area is 171 Å². The van der Waals surface area contributed by atoms with Gasteiger partial charge in [0.05, 0.1) is 9.17 Å². The van der Waals surface area contributed by atoms with Crippen molar-refractivity contribution in [1.29, 1.82) is 0 Å². The second-order valence-corrected chi connectivity index (χ2v) is 8.17. The van der Waals surface area contributed by atoms with Gasteiger partial charge in [-0.15, -0.1) is 11.3 Å². The number of urea groups is 1. The van der Waals surface area contributed by atoms with E-state index in [0.29, 0.717) is 17.2 Å². The van der Waals surface area contributed by atoms with E-state index in [0.717, 1.165) is 25.1 Å². The number of thiophene rings is 1. The summed E-state index contributed by atoms with van der Waals surface area (Å²) in [7, 11) is 0. The lowest BCUT2D eigenvalue weighted by molar-refractivity contribution is 0.262. The highest BCUT2D eigenvalue weighted by Crippen LogP contribution is 2.43. The third kappa shape index (κ3) is 3.67. The van der Waals surface area contributed by atoms with E-state index in [4.69, 9.17) is 5.73 Å². The third-order valence-electron chi connectivity index (χ3n) is 3.99. The molecule has 2 heterocycles. The van der Waals surface area contributed by atoms with Crippen LogP contribution in [0.4, 0.5) is 26.4 Å². The Morgan fingerprint density at radius 2 is 1.82 bits per heavy atom. The van der Waals surface area contributed by atoms with Crippen molar-refractivity contribution in [3.8, 4) is 11.1 Å². The molecule has 0 saturated carbocycles. The van der Waals surface area contributed by atoms with Crippen LogP contribution in [0.5, 0.6) is 0 Å². The molecule has 0 bridgehead atoms. The normalized spacial score (nSPS) is 10.8. The summed E-state index contributed by atoms with van der Waals surface area (Å²) in [5.74, 6) is -0.00223. The van der Waals surface area contributed by atoms with E-state index in [1.165, 1.54) is 35.9 Å². The minimum Gasteiger partial charge on any atom is -0.383 e. The second kappa shape index (κ2) is 7.53. The van der Waals surface area contributed by atoms with Crippen LogP contribution >= 0.6 is 27.3 Å². The Morgan fingerprint density at radius 1 is 1.07 bits per heavy atom. The Kier molecular flexibility index (Phi) is 4.93. The number of nitrogens with zero attached hydrogens (tertiary/aromatic N) is 2. The highest BCUT2D eigenvalue weighted by Gasteiger charge is 2.16. The van der Waals surface area contributed by atoms with E-state index in [1.807, 2.05) is 12.1 Å². The van der Waals surface area contributed by atoms with Gasteiger partial charge in [-0.05, 0) is 51.8 Å². The van der Waals surface area contributed by atoms with Crippen molar-refractivity contribution in [3.63, 3.8) is 0 Å². The van der Waals surface area contributed by atoms with E-state index < -0.39 is 11.8 Å². The summed E-state index contributed by atoms with van der Waals surface area (Å²) < 4.78 is 14.1. The van der Waals surface area contributed by atoms with Gasteiger partial charge in [0.25, 0.3) is 0 Å². The molecule has 0 fully saturated rings. The fourth-order valence-electron chi connectivity index (χ4n) is 2.77. The van der Waals surface area contributed by atoms with Crippen LogP contribution in [-0.2, 0) is 0 Å². The number of anilines is 3. The molecular formula is C19H13BrFN5OS. The lowest BCUT2D eigenvalue weighted by Gasteiger charge is -2.09. The number of amides is 2. The van der Waals surface area contributed by atoms with E-state index in [2.05, 4.69) is 36.5 Å². The van der Waals surface area contributed by atoms with E-state index in [1.54, 1.807) is 18.2 Å². The molecule has 4 aromatic rings. The molecule has 0 saturated heterocycles. The van der Waals surface area contributed by atoms with E-state index in [9.17, 15) is 9.18 Å². The maximum Gasteiger partial charge on any atom is 0.323 e. The summed E-state index contributed by atoms with van der Waals surface area (Å²) >= 11 is 5.05. The molecule has 0 spiro atoms. The van der Waals surface area contributed by atoms with Crippen molar-refractivity contribution >= 4 is 60.7 Å². The molecule has 6 nitrogen and oxygen atoms in total. The van der Waals surface area contributed by atoms with Gasteiger partial charge < -0.3 is 16.4 Å². The molecule has 0 atom stereocenters. The summed E-state index contributed by atoms with van der Waals surface area (Å²) in [4.78, 5) is 21.2. The number of halogens is 2. The summed E-state index contributed by atoms with van der Waals surface area (Å²) in [6, 6.07) is 12.5. The quantitative estimate of drug-likeness (QED) is 0.379. The van der Waals surface area contributed by atoms with Gasteiger partial charge in [-0.3, -0.25) is 0 Å². The average Bonchev–Trinajstić information content (AvgIpc) is 2.99. The number of carbonyl (C=O) groups is 1. The van der Waals surface area contributed by atoms with Gasteiger partial charge in [0.1, 0.15) is 22.8 Å². The number of hydrogen-bond acceptors (Lipinski definition) is 5. The Hall–Kier alpha value is -3.04. The molecule has 4 N–H and O–H groups in total. The number of fused-ring (bicyclic) bond motifs is 1. The minimum atomic E-state index is -0.460. The van der Waals surface area contributed by atoms with Gasteiger partial charge in [0, 0.05) is 16.9 Å². The van der Waals surface area contributed by atoms with Crippen molar-refractivity contribution in [3.05, 3.63) is 64.5 Å². The first-order valence-corrected chi connectivity index (χ1v) is 9.74. The zero-order valence-corrected chi connectivity index (χ0v) is 16.6. The van der Waals surface area contributed by atoms with Crippen LogP contribution in [0.15, 0.2) is 58.6 Å². The van der Waals surface area contributed by atoms with Crippen LogP contribution < -0.4 is 16.4 Å². The molecule has 2 aromatic heterocycles. The first-order valence-electron chi connectivity index (χ1n) is 8.14. The zero-order chi connectivity index (χ0) is 19.7. The van der Waals surface area contributed by atoms with Crippen molar-refractivity contribution in [2.75, 3.05) is 16.4 Å². The number of benzene rings is 2. The third-order valence-corrected chi connectivity index (χ3v) is 5.76. The molecule has 140 valence electrons. The number of nitrogen functional groups attached to an aromatic ring is 1. The SMILES string of the molecule is Nc1ncnc2sc(Br)c(-c3ccc(NC(=O)Nc4cccc(F)c4)cc3)c12. The predicted octanol–water partition coefficient (Wildman–Crippen LogP) is 5.49. The lowest BCUT2D eigenvalue weighted by atomic mass is 10.1. The molecule has 2 aromatic carbocycles. The lowest BCUT2D eigenvalue weighted by Crippen LogP contribution is -2.19. The van der Waals surface area contributed by atoms with Crippen molar-refractivity contribution < 1.29 is 9.18 Å². The molecule has 2 amide bonds. The maximum atomic E-state index is 13.2. The van der Waals surface area contributed by atoms with Crippen molar-refractivity contribution in [1.82, 2.24) is 9.97 Å². The number of nitrogens with one attached hydrogen (secondary N) is 2. The standard InChI is InChI=1S/C19H13BrFN5OS/c20-16-14(15-17(22)23-9-24-18(15)28-16)10-4-6-12(7-5-10)25-19(27)26-13-3-1-2-11(21)8-13/h1-9H,(H2,22,23,24)(H2,25,26,27). The largest absolute Gasteiger partial charge is 0.383 e. The van der Waals surface area contributed by atoms with Gasteiger partial charge in [0.15, 0.2) is 0 Å². The molecule has 0 radical (unpaired) electrons. The average molecular weight is 458 g/mol. The van der Waals surface area contributed by atoms with Gasteiger partial charge in [-0.25, -0.2) is 19.2 Å². The summed E-state index contributed by atoms with van der Waals surface area (Å²) in [5.41, 5.74) is 8.82. The topological polar surface area (TPSA) is 92.9 Å². The summed E-state index contributed by atoms with van der Waals surface area (Å²) in [5, 5.41) is 6.10. The number of rotatable bonds is 3. The van der Waals surface area contributed by atoms with Gasteiger partial charge in [-0.2, -0.15) is 0 Å². The molecule has 9 heteroatoms. The van der Waals surface area contributed by atoms with Gasteiger partial charge in [-0.1, -0.05) is 18.2 Å². The van der Waals surface area contributed by atoms with Gasteiger partial charge in [0.2, 0.25) is 0 Å². The summed E-state index contributed by atoms with van der Waals surface area (Å²) in [6.07, 6.45) is 1.44. The predicted molar refractivity (Wildman–Crippen MR) is 114 cm³/mol. The number of aromatic nitrogens is 2. The van der Waals surface area contributed by atoms with E-state index >= 15 is 0 Å². The van der Waals surface area contributed by atoms with Crippen LogP contribution in [0.3, 0.4) is 0 Å². The van der Waals surface area contributed by atoms with Crippen LogP contribution in [0.1, 0.15) is 0 Å². The smallest absolute Gasteiger partial charge is 0.323 e. The van der Waals surface area contributed by atoms with Crippen molar-refractivity contribution in [2.45, 2.75) is 0 Å². The first-order chi connectivity index (χ1) is 13.5. The molecule has 0 aliphatic heterocycles. The Bertz CT molecular complexity index is 1180. The molecule has 0 unspecified atom stereocenters. The second-order valence-electron chi connectivity index (χ2n) is 5.86. The number of hydrogen-bond donors (Lipinski definition) is 3. The fourth-order valence-corrected chi connectivity index (χ4v) is 4.55. The number of carbonyl (C=O) groups excluding carboxylic acids is 1.